The maximum Gasteiger partial charge on any atom is 0.321 e. The zero-order valence-electron chi connectivity index (χ0n) is 19.3. The van der Waals surface area contributed by atoms with E-state index in [1.54, 1.807) is 11.0 Å². The minimum atomic E-state index is -1.06. The lowest BCUT2D eigenvalue weighted by molar-refractivity contribution is -0.0396. The molecule has 5 heteroatoms. The van der Waals surface area contributed by atoms with Crippen molar-refractivity contribution in [2.45, 2.75) is 62.8 Å². The number of hydrogen-bond acceptors (Lipinski definition) is 3. The first-order valence-corrected chi connectivity index (χ1v) is 12.2. The Morgan fingerprint density at radius 2 is 1.30 bits per heavy atom. The topological polar surface area (TPSA) is 64.0 Å². The Morgan fingerprint density at radius 3 is 1.79 bits per heavy atom. The third-order valence-corrected chi connectivity index (χ3v) is 7.26. The van der Waals surface area contributed by atoms with Crippen LogP contribution in [0.4, 0.5) is 4.79 Å². The highest BCUT2D eigenvalue weighted by atomic mass is 16.3. The van der Waals surface area contributed by atoms with Crippen molar-refractivity contribution in [2.75, 3.05) is 13.1 Å². The van der Waals surface area contributed by atoms with Gasteiger partial charge in [0.15, 0.2) is 0 Å². The number of hydrogen-bond donors (Lipinski definition) is 2. The number of aliphatic hydroxyl groups is 2. The first-order valence-electron chi connectivity index (χ1n) is 12.2. The summed E-state index contributed by atoms with van der Waals surface area (Å²) in [6.45, 7) is 4.81. The van der Waals surface area contributed by atoms with Gasteiger partial charge in [-0.2, -0.15) is 0 Å². The van der Waals surface area contributed by atoms with Crippen molar-refractivity contribution in [3.8, 4) is 0 Å². The van der Waals surface area contributed by atoms with E-state index in [1.807, 2.05) is 65.6 Å². The van der Waals surface area contributed by atoms with E-state index in [4.69, 9.17) is 0 Å². The standard InChI is InChI=1S/C28H36N2O3/c1-2-17-29-24(18-21-11-5-3-6-12-21)26(31)27(32)25(19-22-13-7-4-8-14-22)30(28(29)33)20-23-15-9-10-16-23/h2-8,11-14,23-27,31-32H,1,9-10,15-20H2/t24-,25-,26+,27+/m1/s1. The Morgan fingerprint density at radius 1 is 0.818 bits per heavy atom. The summed E-state index contributed by atoms with van der Waals surface area (Å²) in [5.41, 5.74) is 2.08. The van der Waals surface area contributed by atoms with Crippen LogP contribution in [0, 0.1) is 5.92 Å². The first-order chi connectivity index (χ1) is 16.1. The first kappa shape index (κ1) is 23.5. The van der Waals surface area contributed by atoms with Crippen molar-refractivity contribution in [1.29, 1.82) is 0 Å². The molecule has 2 aromatic carbocycles. The third kappa shape index (κ3) is 5.48. The van der Waals surface area contributed by atoms with E-state index in [0.29, 0.717) is 31.8 Å². The average Bonchev–Trinajstić information content (AvgIpc) is 3.35. The van der Waals surface area contributed by atoms with E-state index in [-0.39, 0.29) is 6.03 Å². The van der Waals surface area contributed by atoms with Gasteiger partial charge in [-0.15, -0.1) is 6.58 Å². The van der Waals surface area contributed by atoms with Crippen LogP contribution < -0.4 is 0 Å². The summed E-state index contributed by atoms with van der Waals surface area (Å²) in [5.74, 6) is 0.438. The molecule has 1 aliphatic heterocycles. The minimum Gasteiger partial charge on any atom is -0.388 e. The van der Waals surface area contributed by atoms with Gasteiger partial charge in [0, 0.05) is 13.1 Å². The molecule has 2 fully saturated rings. The largest absolute Gasteiger partial charge is 0.388 e. The Kier molecular flexibility index (Phi) is 7.84. The molecule has 2 aromatic rings. The molecule has 2 aliphatic rings. The molecule has 5 nitrogen and oxygen atoms in total. The molecular formula is C28H36N2O3. The molecule has 33 heavy (non-hydrogen) atoms. The van der Waals surface area contributed by atoms with Crippen LogP contribution in [0.2, 0.25) is 0 Å². The molecule has 176 valence electrons. The predicted molar refractivity (Wildman–Crippen MR) is 131 cm³/mol. The molecule has 1 heterocycles. The maximum atomic E-state index is 14.0. The van der Waals surface area contributed by atoms with Gasteiger partial charge in [0.25, 0.3) is 0 Å². The van der Waals surface area contributed by atoms with Crippen LogP contribution in [0.5, 0.6) is 0 Å². The van der Waals surface area contributed by atoms with Gasteiger partial charge < -0.3 is 20.0 Å². The average molecular weight is 449 g/mol. The molecule has 4 atom stereocenters. The van der Waals surface area contributed by atoms with Crippen LogP contribution in [0.25, 0.3) is 0 Å². The van der Waals surface area contributed by atoms with E-state index in [2.05, 4.69) is 6.58 Å². The fraction of sp³-hybridized carbons (Fsp3) is 0.464. The van der Waals surface area contributed by atoms with Gasteiger partial charge in [0.1, 0.15) is 12.2 Å². The molecule has 0 bridgehead atoms. The molecule has 0 aromatic heterocycles. The molecule has 1 saturated heterocycles. The van der Waals surface area contributed by atoms with E-state index in [0.717, 1.165) is 24.0 Å². The lowest BCUT2D eigenvalue weighted by Gasteiger charge is -2.36. The molecule has 0 spiro atoms. The van der Waals surface area contributed by atoms with Gasteiger partial charge >= 0.3 is 6.03 Å². The lowest BCUT2D eigenvalue weighted by atomic mass is 9.90. The van der Waals surface area contributed by atoms with Crippen LogP contribution in [0.1, 0.15) is 36.8 Å². The van der Waals surface area contributed by atoms with Crippen molar-refractivity contribution in [3.63, 3.8) is 0 Å². The highest BCUT2D eigenvalue weighted by Gasteiger charge is 2.46. The lowest BCUT2D eigenvalue weighted by Crippen LogP contribution is -2.52. The van der Waals surface area contributed by atoms with E-state index in [1.165, 1.54) is 12.8 Å². The van der Waals surface area contributed by atoms with E-state index in [9.17, 15) is 15.0 Å². The zero-order chi connectivity index (χ0) is 23.2. The summed E-state index contributed by atoms with van der Waals surface area (Å²) >= 11 is 0. The van der Waals surface area contributed by atoms with E-state index < -0.39 is 24.3 Å². The van der Waals surface area contributed by atoms with Crippen LogP contribution in [-0.2, 0) is 12.8 Å². The minimum absolute atomic E-state index is 0.112. The highest BCUT2D eigenvalue weighted by Crippen LogP contribution is 2.31. The number of rotatable bonds is 8. The smallest absolute Gasteiger partial charge is 0.321 e. The molecule has 1 saturated carbocycles. The van der Waals surface area contributed by atoms with Crippen molar-refractivity contribution >= 4 is 6.03 Å². The van der Waals surface area contributed by atoms with Crippen LogP contribution >= 0.6 is 0 Å². The number of amides is 2. The van der Waals surface area contributed by atoms with Gasteiger partial charge in [0.05, 0.1) is 12.1 Å². The molecule has 2 amide bonds. The summed E-state index contributed by atoms with van der Waals surface area (Å²) in [6, 6.07) is 18.7. The highest BCUT2D eigenvalue weighted by molar-refractivity contribution is 5.76. The SMILES string of the molecule is C=CCN1C(=O)N(CC2CCCC2)[C@H](Cc2ccccc2)[C@H](O)[C@@H](O)[C@H]1Cc1ccccc1. The van der Waals surface area contributed by atoms with Gasteiger partial charge in [0.2, 0.25) is 0 Å². The second kappa shape index (κ2) is 11.0. The Hall–Kier alpha value is -2.63. The molecular weight excluding hydrogens is 412 g/mol. The van der Waals surface area contributed by atoms with Crippen molar-refractivity contribution in [2.24, 2.45) is 5.92 Å². The van der Waals surface area contributed by atoms with Gasteiger partial charge in [-0.3, -0.25) is 0 Å². The predicted octanol–water partition coefficient (Wildman–Crippen LogP) is 4.04. The quantitative estimate of drug-likeness (QED) is 0.599. The maximum absolute atomic E-state index is 14.0. The van der Waals surface area contributed by atoms with Gasteiger partial charge in [-0.25, -0.2) is 4.79 Å². The fourth-order valence-corrected chi connectivity index (χ4v) is 5.48. The van der Waals surface area contributed by atoms with Gasteiger partial charge in [-0.1, -0.05) is 79.6 Å². The number of nitrogens with zero attached hydrogens (tertiary/aromatic N) is 2. The Balaban J connectivity index is 1.69. The molecule has 2 N–H and O–H groups in total. The Bertz CT molecular complexity index is 898. The van der Waals surface area contributed by atoms with Crippen molar-refractivity contribution < 1.29 is 15.0 Å². The van der Waals surface area contributed by atoms with E-state index >= 15 is 0 Å². The zero-order valence-corrected chi connectivity index (χ0v) is 19.3. The van der Waals surface area contributed by atoms with Crippen LogP contribution in [-0.4, -0.2) is 63.4 Å². The third-order valence-electron chi connectivity index (χ3n) is 7.26. The molecule has 4 rings (SSSR count). The van der Waals surface area contributed by atoms with Crippen LogP contribution in [0.3, 0.4) is 0 Å². The second-order valence-corrected chi connectivity index (χ2v) is 9.52. The van der Waals surface area contributed by atoms with Crippen molar-refractivity contribution in [3.05, 3.63) is 84.4 Å². The number of benzene rings is 2. The summed E-state index contributed by atoms with van der Waals surface area (Å²) in [7, 11) is 0. The second-order valence-electron chi connectivity index (χ2n) is 9.52. The summed E-state index contributed by atoms with van der Waals surface area (Å²) in [4.78, 5) is 17.6. The number of carbonyl (C=O) groups is 1. The number of urea groups is 1. The van der Waals surface area contributed by atoms with Gasteiger partial charge in [-0.05, 0) is 42.7 Å². The fourth-order valence-electron chi connectivity index (χ4n) is 5.48. The Labute approximate surface area is 197 Å². The summed E-state index contributed by atoms with van der Waals surface area (Å²) < 4.78 is 0. The molecule has 0 radical (unpaired) electrons. The molecule has 0 unspecified atom stereocenters. The monoisotopic (exact) mass is 448 g/mol. The number of carbonyl (C=O) groups excluding carboxylic acids is 1. The normalized spacial score (nSPS) is 26.4. The molecule has 1 aliphatic carbocycles. The van der Waals surface area contributed by atoms with Crippen molar-refractivity contribution in [1.82, 2.24) is 9.80 Å². The summed E-state index contributed by atoms with van der Waals surface area (Å²) in [5, 5.41) is 22.9. The number of aliphatic hydroxyl groups excluding tert-OH is 2. The van der Waals surface area contributed by atoms with Crippen LogP contribution in [0.15, 0.2) is 73.3 Å². The summed E-state index contributed by atoms with van der Waals surface area (Å²) in [6.07, 6.45) is 5.19.